The lowest BCUT2D eigenvalue weighted by molar-refractivity contribution is -0.112. The van der Waals surface area contributed by atoms with Gasteiger partial charge in [-0.15, -0.1) is 0 Å². The number of aromatic nitrogens is 1. The van der Waals surface area contributed by atoms with Gasteiger partial charge >= 0.3 is 0 Å². The van der Waals surface area contributed by atoms with Gasteiger partial charge in [-0.3, -0.25) is 14.5 Å². The predicted octanol–water partition coefficient (Wildman–Crippen LogP) is 5.61. The van der Waals surface area contributed by atoms with Gasteiger partial charge in [0.05, 0.1) is 5.70 Å². The van der Waals surface area contributed by atoms with Gasteiger partial charge in [0.25, 0.3) is 5.91 Å². The van der Waals surface area contributed by atoms with Crippen molar-refractivity contribution in [2.24, 2.45) is 0 Å². The molecule has 0 bridgehead atoms. The summed E-state index contributed by atoms with van der Waals surface area (Å²) in [6.07, 6.45) is 12.9. The number of hydrogen-bond acceptors (Lipinski definition) is 8. The molecule has 246 valence electrons. The van der Waals surface area contributed by atoms with Crippen LogP contribution in [0.3, 0.4) is 0 Å². The molecule has 48 heavy (non-hydrogen) atoms. The molecule has 0 spiro atoms. The molecule has 2 aliphatic rings. The smallest absolute Gasteiger partial charge is 0.251 e. The van der Waals surface area contributed by atoms with Gasteiger partial charge < -0.3 is 30.6 Å². The van der Waals surface area contributed by atoms with E-state index in [2.05, 4.69) is 32.5 Å². The Hall–Kier alpha value is -5.88. The predicted molar refractivity (Wildman–Crippen MR) is 184 cm³/mol. The average Bonchev–Trinajstić information content (AvgIpc) is 3.09. The van der Waals surface area contributed by atoms with Crippen LogP contribution in [0.15, 0.2) is 115 Å². The summed E-state index contributed by atoms with van der Waals surface area (Å²) in [6, 6.07) is 13.4. The number of pyridine rings is 1. The van der Waals surface area contributed by atoms with Crippen molar-refractivity contribution in [2.45, 2.75) is 6.92 Å². The second-order valence-corrected chi connectivity index (χ2v) is 11.1. The molecular formula is C36H35F2N7O3. The lowest BCUT2D eigenvalue weighted by Crippen LogP contribution is -2.44. The van der Waals surface area contributed by atoms with Crippen LogP contribution in [0.1, 0.15) is 12.5 Å². The highest BCUT2D eigenvalue weighted by Crippen LogP contribution is 2.29. The SMILES string of the molecule is C/C(=C\C=C/N(C=O)c1ccc(F)cc1)C(=O)Nc1ccc(OC2=CC(c3ccc(N4CCN(C)CC4)nc3)=CN/C2=C\C=N)c(F)c1. The summed E-state index contributed by atoms with van der Waals surface area (Å²) in [7, 11) is 2.11. The molecule has 0 atom stereocenters. The van der Waals surface area contributed by atoms with Crippen molar-refractivity contribution in [2.75, 3.05) is 48.3 Å². The fourth-order valence-electron chi connectivity index (χ4n) is 4.89. The van der Waals surface area contributed by atoms with Gasteiger partial charge in [0.15, 0.2) is 17.3 Å². The van der Waals surface area contributed by atoms with Crippen molar-refractivity contribution in [3.05, 3.63) is 132 Å². The van der Waals surface area contributed by atoms with E-state index in [1.165, 1.54) is 65.7 Å². The zero-order chi connectivity index (χ0) is 34.0. The molecule has 5 rings (SSSR count). The fraction of sp³-hybridized carbons (Fsp3) is 0.167. The summed E-state index contributed by atoms with van der Waals surface area (Å²) >= 11 is 0. The van der Waals surface area contributed by atoms with Gasteiger partial charge in [-0.1, -0.05) is 6.08 Å². The number of anilines is 3. The Kier molecular flexibility index (Phi) is 10.9. The normalized spacial score (nSPS) is 16.2. The van der Waals surface area contributed by atoms with Crippen LogP contribution in [0, 0.1) is 17.0 Å². The van der Waals surface area contributed by atoms with Crippen LogP contribution in [0.4, 0.5) is 26.0 Å². The lowest BCUT2D eigenvalue weighted by Gasteiger charge is -2.33. The highest BCUT2D eigenvalue weighted by Gasteiger charge is 2.19. The standard InChI is InChI=1S/C36H35F2N7O3/c1-25(4-3-15-45(24-46)30-9-6-28(37)7-10-30)36(47)42-29-8-11-33(31(38)21-29)48-34-20-27(23-40-32(34)13-14-39)26-5-12-35(41-22-26)44-18-16-43(2)17-19-44/h3-15,20-24,39-40H,16-19H2,1-2H3,(H,42,47)/b15-3-,25-4+,32-13-,39-14?. The molecule has 0 saturated carbocycles. The van der Waals surface area contributed by atoms with Crippen molar-refractivity contribution < 1.29 is 23.1 Å². The number of hydrogen-bond donors (Lipinski definition) is 3. The van der Waals surface area contributed by atoms with Crippen LogP contribution in [-0.4, -0.2) is 61.6 Å². The number of rotatable bonds is 11. The molecule has 10 nitrogen and oxygen atoms in total. The third-order valence-corrected chi connectivity index (χ3v) is 7.69. The number of benzene rings is 2. The molecule has 3 heterocycles. The van der Waals surface area contributed by atoms with Gasteiger partial charge in [-0.25, -0.2) is 13.8 Å². The highest BCUT2D eigenvalue weighted by atomic mass is 19.1. The molecule has 0 radical (unpaired) electrons. The van der Waals surface area contributed by atoms with E-state index in [0.29, 0.717) is 29.1 Å². The van der Waals surface area contributed by atoms with Crippen LogP contribution in [0.25, 0.3) is 5.57 Å². The molecule has 1 saturated heterocycles. The maximum Gasteiger partial charge on any atom is 0.251 e. The Bertz CT molecular complexity index is 1810. The third kappa shape index (κ3) is 8.47. The number of amides is 2. The number of likely N-dealkylation sites (N-methyl/N-ethyl adjacent to an activating group) is 1. The summed E-state index contributed by atoms with van der Waals surface area (Å²) < 4.78 is 34.4. The molecule has 0 aliphatic carbocycles. The Morgan fingerprint density at radius 1 is 1.08 bits per heavy atom. The van der Waals surface area contributed by atoms with E-state index in [-0.39, 0.29) is 11.4 Å². The number of dihydropyridines is 1. The fourth-order valence-corrected chi connectivity index (χ4v) is 4.89. The molecule has 1 fully saturated rings. The van der Waals surface area contributed by atoms with Crippen LogP contribution in [0.5, 0.6) is 5.75 Å². The summed E-state index contributed by atoms with van der Waals surface area (Å²) in [6.45, 7) is 5.34. The Morgan fingerprint density at radius 2 is 1.85 bits per heavy atom. The number of ether oxygens (including phenoxy) is 1. The maximum atomic E-state index is 15.2. The maximum absolute atomic E-state index is 15.2. The van der Waals surface area contributed by atoms with Gasteiger partial charge in [0, 0.05) is 85.1 Å². The van der Waals surface area contributed by atoms with Gasteiger partial charge in [-0.05, 0) is 80.7 Å². The van der Waals surface area contributed by atoms with E-state index in [0.717, 1.165) is 55.4 Å². The number of nitrogens with one attached hydrogen (secondary N) is 3. The van der Waals surface area contributed by atoms with E-state index < -0.39 is 17.5 Å². The van der Waals surface area contributed by atoms with Gasteiger partial charge in [-0.2, -0.15) is 0 Å². The van der Waals surface area contributed by atoms with Crippen molar-refractivity contribution in [1.82, 2.24) is 15.2 Å². The summed E-state index contributed by atoms with van der Waals surface area (Å²) in [5.74, 6) is -0.489. The second kappa shape index (κ2) is 15.6. The molecular weight excluding hydrogens is 616 g/mol. The topological polar surface area (TPSA) is 114 Å². The van der Waals surface area contributed by atoms with E-state index in [1.54, 1.807) is 25.4 Å². The first-order valence-corrected chi connectivity index (χ1v) is 15.2. The van der Waals surface area contributed by atoms with Crippen LogP contribution in [-0.2, 0) is 9.59 Å². The molecule has 2 aromatic carbocycles. The van der Waals surface area contributed by atoms with Crippen molar-refractivity contribution in [3.63, 3.8) is 0 Å². The monoisotopic (exact) mass is 651 g/mol. The quantitative estimate of drug-likeness (QED) is 0.107. The van der Waals surface area contributed by atoms with Gasteiger partial charge in [0.2, 0.25) is 6.41 Å². The Labute approximate surface area is 277 Å². The summed E-state index contributed by atoms with van der Waals surface area (Å²) in [5.41, 5.74) is 3.02. The molecule has 0 unspecified atom stereocenters. The van der Waals surface area contributed by atoms with Gasteiger partial charge in [0.1, 0.15) is 11.6 Å². The summed E-state index contributed by atoms with van der Waals surface area (Å²) in [5, 5.41) is 13.3. The largest absolute Gasteiger partial charge is 0.452 e. The number of halogens is 2. The zero-order valence-electron chi connectivity index (χ0n) is 26.5. The minimum atomic E-state index is -0.709. The van der Waals surface area contributed by atoms with Crippen LogP contribution in [0.2, 0.25) is 0 Å². The lowest BCUT2D eigenvalue weighted by atomic mass is 10.0. The molecule has 3 N–H and O–H groups in total. The van der Waals surface area contributed by atoms with Crippen molar-refractivity contribution in [1.29, 1.82) is 5.41 Å². The highest BCUT2D eigenvalue weighted by molar-refractivity contribution is 6.03. The van der Waals surface area contributed by atoms with E-state index >= 15 is 4.39 Å². The van der Waals surface area contributed by atoms with Crippen LogP contribution >= 0.6 is 0 Å². The van der Waals surface area contributed by atoms with Crippen molar-refractivity contribution in [3.8, 4) is 5.75 Å². The first kappa shape index (κ1) is 33.5. The Balaban J connectivity index is 1.24. The van der Waals surface area contributed by atoms with E-state index in [4.69, 9.17) is 10.1 Å². The first-order chi connectivity index (χ1) is 23.2. The molecule has 3 aromatic rings. The Morgan fingerprint density at radius 3 is 2.52 bits per heavy atom. The molecule has 2 amide bonds. The number of carbonyl (C=O) groups is 2. The molecule has 1 aromatic heterocycles. The molecule has 12 heteroatoms. The molecule has 2 aliphatic heterocycles. The summed E-state index contributed by atoms with van der Waals surface area (Å²) in [4.78, 5) is 34.6. The zero-order valence-corrected chi connectivity index (χ0v) is 26.5. The average molecular weight is 652 g/mol. The first-order valence-electron chi connectivity index (χ1n) is 15.2. The van der Waals surface area contributed by atoms with E-state index in [1.807, 2.05) is 12.1 Å². The third-order valence-electron chi connectivity index (χ3n) is 7.69. The van der Waals surface area contributed by atoms with Crippen LogP contribution < -0.4 is 25.2 Å². The second-order valence-electron chi connectivity index (χ2n) is 11.1. The number of nitrogens with zero attached hydrogens (tertiary/aromatic N) is 4. The number of carbonyl (C=O) groups excluding carboxylic acids is 2. The number of allylic oxidation sites excluding steroid dienone is 5. The minimum absolute atomic E-state index is 0.0772. The van der Waals surface area contributed by atoms with Crippen molar-refractivity contribution >= 4 is 41.3 Å². The number of piperazine rings is 1. The minimum Gasteiger partial charge on any atom is -0.452 e. The van der Waals surface area contributed by atoms with E-state index in [9.17, 15) is 14.0 Å².